The van der Waals surface area contributed by atoms with Crippen LogP contribution in [0, 0.1) is 0 Å². The molecule has 0 saturated carbocycles. The number of rotatable bonds is 7. The number of anilines is 1. The molecule has 0 spiro atoms. The van der Waals surface area contributed by atoms with E-state index >= 15 is 0 Å². The van der Waals surface area contributed by atoms with Gasteiger partial charge in [-0.3, -0.25) is 4.79 Å². The lowest BCUT2D eigenvalue weighted by Crippen LogP contribution is -2.33. The number of carbonyl (C=O) groups excluding carboxylic acids is 1. The average molecular weight is 420 g/mol. The maximum atomic E-state index is 12.5. The maximum Gasteiger partial charge on any atom is 0.257 e. The van der Waals surface area contributed by atoms with Crippen LogP contribution in [-0.4, -0.2) is 42.5 Å². The van der Waals surface area contributed by atoms with Gasteiger partial charge in [0.15, 0.2) is 5.58 Å². The Balaban J connectivity index is 1.60. The molecule has 0 saturated heterocycles. The molecule has 2 aromatic carbocycles. The van der Waals surface area contributed by atoms with Gasteiger partial charge in [0, 0.05) is 18.8 Å². The Labute approximate surface area is 168 Å². The van der Waals surface area contributed by atoms with E-state index in [-0.39, 0.29) is 22.6 Å². The Morgan fingerprint density at radius 2 is 1.86 bits per heavy atom. The summed E-state index contributed by atoms with van der Waals surface area (Å²) < 4.78 is 31.8. The van der Waals surface area contributed by atoms with E-state index in [1.165, 1.54) is 28.2 Å². The molecule has 0 atom stereocenters. The van der Waals surface area contributed by atoms with E-state index in [4.69, 9.17) is 4.42 Å². The number of para-hydroxylation sites is 2. The van der Waals surface area contributed by atoms with Gasteiger partial charge in [0.1, 0.15) is 5.52 Å². The largest absolute Gasteiger partial charge is 0.431 e. The van der Waals surface area contributed by atoms with Crippen molar-refractivity contribution in [3.8, 4) is 0 Å². The molecule has 0 aliphatic heterocycles. The van der Waals surface area contributed by atoms with Gasteiger partial charge in [-0.25, -0.2) is 13.4 Å². The highest BCUT2D eigenvalue weighted by Gasteiger charge is 2.22. The summed E-state index contributed by atoms with van der Waals surface area (Å²) >= 11 is 1.20. The van der Waals surface area contributed by atoms with E-state index in [0.717, 1.165) is 5.52 Å². The minimum atomic E-state index is -3.55. The summed E-state index contributed by atoms with van der Waals surface area (Å²) in [5.41, 5.74) is 1.94. The highest BCUT2D eigenvalue weighted by molar-refractivity contribution is 7.99. The second-order valence-corrected chi connectivity index (χ2v) is 9.35. The molecular formula is C19H21N3O4S2. The number of benzene rings is 2. The Bertz CT molecular complexity index is 1040. The van der Waals surface area contributed by atoms with Gasteiger partial charge in [0.05, 0.1) is 10.6 Å². The SMILES string of the molecule is CC(C)N(C)S(=O)(=O)c1ccc(NC(=O)CSc2nc3ccccc3o2)cc1. The fraction of sp³-hybridized carbons (Fsp3) is 0.263. The first-order chi connectivity index (χ1) is 13.3. The highest BCUT2D eigenvalue weighted by atomic mass is 32.2. The summed E-state index contributed by atoms with van der Waals surface area (Å²) in [6.07, 6.45) is 0. The summed E-state index contributed by atoms with van der Waals surface area (Å²) in [5, 5.41) is 3.16. The minimum absolute atomic E-state index is 0.128. The second-order valence-electron chi connectivity index (χ2n) is 6.42. The number of hydrogen-bond acceptors (Lipinski definition) is 6. The van der Waals surface area contributed by atoms with Crippen LogP contribution in [0.25, 0.3) is 11.1 Å². The van der Waals surface area contributed by atoms with Crippen molar-refractivity contribution in [3.63, 3.8) is 0 Å². The molecule has 1 aromatic heterocycles. The van der Waals surface area contributed by atoms with Gasteiger partial charge >= 0.3 is 0 Å². The number of sulfonamides is 1. The van der Waals surface area contributed by atoms with Gasteiger partial charge in [0.2, 0.25) is 15.9 Å². The number of amides is 1. The lowest BCUT2D eigenvalue weighted by atomic mass is 10.3. The topological polar surface area (TPSA) is 92.5 Å². The third-order valence-corrected chi connectivity index (χ3v) is 7.02. The van der Waals surface area contributed by atoms with Crippen LogP contribution in [0.1, 0.15) is 13.8 Å². The van der Waals surface area contributed by atoms with Crippen LogP contribution >= 0.6 is 11.8 Å². The normalized spacial score (nSPS) is 12.0. The molecular weight excluding hydrogens is 398 g/mol. The first-order valence-corrected chi connectivity index (χ1v) is 11.1. The third-order valence-electron chi connectivity index (χ3n) is 4.14. The van der Waals surface area contributed by atoms with Gasteiger partial charge in [-0.2, -0.15) is 4.31 Å². The first-order valence-electron chi connectivity index (χ1n) is 8.63. The Morgan fingerprint density at radius 3 is 2.50 bits per heavy atom. The number of aromatic nitrogens is 1. The molecule has 9 heteroatoms. The van der Waals surface area contributed by atoms with Crippen molar-refractivity contribution in [2.75, 3.05) is 18.1 Å². The van der Waals surface area contributed by atoms with E-state index in [2.05, 4.69) is 10.3 Å². The number of oxazole rings is 1. The molecule has 0 radical (unpaired) electrons. The van der Waals surface area contributed by atoms with E-state index in [0.29, 0.717) is 16.5 Å². The molecule has 1 amide bonds. The quantitative estimate of drug-likeness (QED) is 0.589. The lowest BCUT2D eigenvalue weighted by Gasteiger charge is -2.21. The van der Waals surface area contributed by atoms with Gasteiger partial charge in [-0.05, 0) is 50.2 Å². The molecule has 0 fully saturated rings. The van der Waals surface area contributed by atoms with Crippen molar-refractivity contribution in [1.29, 1.82) is 0 Å². The number of nitrogens with one attached hydrogen (secondary N) is 1. The molecule has 0 unspecified atom stereocenters. The summed E-state index contributed by atoms with van der Waals surface area (Å²) in [4.78, 5) is 16.6. The molecule has 28 heavy (non-hydrogen) atoms. The molecule has 0 aliphatic carbocycles. The molecule has 0 aliphatic rings. The molecule has 7 nitrogen and oxygen atoms in total. The maximum absolute atomic E-state index is 12.5. The van der Waals surface area contributed by atoms with Crippen LogP contribution in [0.4, 0.5) is 5.69 Å². The predicted molar refractivity (Wildman–Crippen MR) is 110 cm³/mol. The van der Waals surface area contributed by atoms with Gasteiger partial charge in [-0.1, -0.05) is 23.9 Å². The molecule has 3 aromatic rings. The van der Waals surface area contributed by atoms with Crippen molar-refractivity contribution in [2.45, 2.75) is 30.0 Å². The highest BCUT2D eigenvalue weighted by Crippen LogP contribution is 2.23. The summed E-state index contributed by atoms with van der Waals surface area (Å²) in [7, 11) is -2.01. The van der Waals surface area contributed by atoms with E-state index in [1.807, 2.05) is 24.3 Å². The van der Waals surface area contributed by atoms with E-state index < -0.39 is 10.0 Å². The van der Waals surface area contributed by atoms with E-state index in [9.17, 15) is 13.2 Å². The fourth-order valence-electron chi connectivity index (χ4n) is 2.39. The van der Waals surface area contributed by atoms with Crippen LogP contribution < -0.4 is 5.32 Å². The molecule has 1 heterocycles. The van der Waals surface area contributed by atoms with Crippen LogP contribution in [0.5, 0.6) is 0 Å². The summed E-state index contributed by atoms with van der Waals surface area (Å²) in [5.74, 6) is -0.106. The Morgan fingerprint density at radius 1 is 1.18 bits per heavy atom. The first kappa shape index (κ1) is 20.4. The second kappa shape index (κ2) is 8.34. The number of hydrogen-bond donors (Lipinski definition) is 1. The lowest BCUT2D eigenvalue weighted by molar-refractivity contribution is -0.113. The molecule has 148 valence electrons. The van der Waals surface area contributed by atoms with Crippen molar-refractivity contribution < 1.29 is 17.6 Å². The average Bonchev–Trinajstić information content (AvgIpc) is 3.09. The fourth-order valence-corrected chi connectivity index (χ4v) is 4.40. The van der Waals surface area contributed by atoms with Crippen LogP contribution in [0.3, 0.4) is 0 Å². The Hall–Kier alpha value is -2.36. The number of thioether (sulfide) groups is 1. The zero-order chi connectivity index (χ0) is 20.3. The van der Waals surface area contributed by atoms with E-state index in [1.54, 1.807) is 33.0 Å². The van der Waals surface area contributed by atoms with Crippen LogP contribution in [0.2, 0.25) is 0 Å². The molecule has 3 rings (SSSR count). The number of nitrogens with zero attached hydrogens (tertiary/aromatic N) is 2. The van der Waals surface area contributed by atoms with Crippen molar-refractivity contribution >= 4 is 44.5 Å². The van der Waals surface area contributed by atoms with Gasteiger partial charge in [-0.15, -0.1) is 0 Å². The number of carbonyl (C=O) groups is 1. The standard InChI is InChI=1S/C19H21N3O4S2/c1-13(2)22(3)28(24,25)15-10-8-14(9-11-15)20-18(23)12-27-19-21-16-6-4-5-7-17(16)26-19/h4-11,13H,12H2,1-3H3,(H,20,23). The molecule has 1 N–H and O–H groups in total. The zero-order valence-corrected chi connectivity index (χ0v) is 17.4. The van der Waals surface area contributed by atoms with Crippen LogP contribution in [0.15, 0.2) is 63.1 Å². The monoisotopic (exact) mass is 419 g/mol. The van der Waals surface area contributed by atoms with Crippen LogP contribution in [-0.2, 0) is 14.8 Å². The third kappa shape index (κ3) is 4.54. The Kier molecular flexibility index (Phi) is 6.07. The smallest absolute Gasteiger partial charge is 0.257 e. The molecule has 0 bridgehead atoms. The number of fused-ring (bicyclic) bond motifs is 1. The summed E-state index contributed by atoms with van der Waals surface area (Å²) in [6.45, 7) is 3.61. The van der Waals surface area contributed by atoms with Gasteiger partial charge in [0.25, 0.3) is 5.22 Å². The van der Waals surface area contributed by atoms with Gasteiger partial charge < -0.3 is 9.73 Å². The summed E-state index contributed by atoms with van der Waals surface area (Å²) in [6, 6.07) is 13.4. The van der Waals surface area contributed by atoms with Crippen molar-refractivity contribution in [3.05, 3.63) is 48.5 Å². The van der Waals surface area contributed by atoms with Crippen molar-refractivity contribution in [2.24, 2.45) is 0 Å². The predicted octanol–water partition coefficient (Wildman–Crippen LogP) is 3.59. The zero-order valence-electron chi connectivity index (χ0n) is 15.7. The van der Waals surface area contributed by atoms with Crippen molar-refractivity contribution in [1.82, 2.24) is 9.29 Å². The minimum Gasteiger partial charge on any atom is -0.431 e.